The van der Waals surface area contributed by atoms with E-state index in [9.17, 15) is 9.59 Å². The summed E-state index contributed by atoms with van der Waals surface area (Å²) < 4.78 is 6.14. The molecule has 3 heteroatoms. The molecule has 5 atom stereocenters. The van der Waals surface area contributed by atoms with Gasteiger partial charge in [0.25, 0.3) is 0 Å². The molecule has 0 aromatic rings. The van der Waals surface area contributed by atoms with E-state index in [1.165, 1.54) is 24.8 Å². The highest BCUT2D eigenvalue weighted by Gasteiger charge is 2.62. The molecule has 0 radical (unpaired) electrons. The molecule has 0 bridgehead atoms. The van der Waals surface area contributed by atoms with Crippen LogP contribution >= 0.6 is 0 Å². The Kier molecular flexibility index (Phi) is 3.81. The molecule has 5 rings (SSSR count). The van der Waals surface area contributed by atoms with E-state index in [1.54, 1.807) is 5.57 Å². The van der Waals surface area contributed by atoms with Gasteiger partial charge in [-0.15, -0.1) is 0 Å². The number of rotatable bonds is 0. The minimum absolute atomic E-state index is 0.0123. The van der Waals surface area contributed by atoms with E-state index in [2.05, 4.69) is 19.9 Å². The maximum Gasteiger partial charge on any atom is 0.306 e. The predicted octanol–water partition coefficient (Wildman–Crippen LogP) is 5.29. The second-order valence-corrected chi connectivity index (χ2v) is 10.2. The van der Waals surface area contributed by atoms with Crippen LogP contribution in [0.5, 0.6) is 0 Å². The summed E-state index contributed by atoms with van der Waals surface area (Å²) in [5.41, 5.74) is 2.89. The number of carbonyl (C=O) groups excluding carboxylic acids is 2. The normalized spacial score (nSPS) is 46.6. The Morgan fingerprint density at radius 3 is 2.63 bits per heavy atom. The molecular formula is C24H32O3. The molecule has 0 aromatic heterocycles. The van der Waals surface area contributed by atoms with Crippen molar-refractivity contribution in [2.45, 2.75) is 90.1 Å². The van der Waals surface area contributed by atoms with Crippen LogP contribution in [0.2, 0.25) is 0 Å². The van der Waals surface area contributed by atoms with Crippen molar-refractivity contribution >= 4 is 11.8 Å². The van der Waals surface area contributed by atoms with Crippen molar-refractivity contribution in [3.63, 3.8) is 0 Å². The average molecular weight is 369 g/mol. The SMILES string of the molecule is CC12CCC(=O)C=C1CCC1C2=CCC2(C)C1CCCC[C@@]21CCC(=O)O1. The molecule has 1 aliphatic heterocycles. The fourth-order valence-electron chi connectivity index (χ4n) is 7.53. The van der Waals surface area contributed by atoms with E-state index in [0.29, 0.717) is 30.5 Å². The number of hydrogen-bond donors (Lipinski definition) is 0. The maximum absolute atomic E-state index is 12.1. The Balaban J connectivity index is 1.58. The maximum atomic E-state index is 12.1. The summed E-state index contributed by atoms with van der Waals surface area (Å²) in [7, 11) is 0. The molecular weight excluding hydrogens is 336 g/mol. The molecule has 1 heterocycles. The lowest BCUT2D eigenvalue weighted by Crippen LogP contribution is -2.55. The molecule has 0 aromatic carbocycles. The van der Waals surface area contributed by atoms with Crippen molar-refractivity contribution in [3.05, 3.63) is 23.3 Å². The summed E-state index contributed by atoms with van der Waals surface area (Å²) >= 11 is 0. The zero-order valence-corrected chi connectivity index (χ0v) is 16.8. The van der Waals surface area contributed by atoms with Crippen LogP contribution in [0.25, 0.3) is 0 Å². The monoisotopic (exact) mass is 368 g/mol. The van der Waals surface area contributed by atoms with Crippen molar-refractivity contribution in [3.8, 4) is 0 Å². The highest BCUT2D eigenvalue weighted by molar-refractivity contribution is 5.92. The highest BCUT2D eigenvalue weighted by Crippen LogP contribution is 2.65. The van der Waals surface area contributed by atoms with Gasteiger partial charge in [-0.25, -0.2) is 0 Å². The Labute approximate surface area is 162 Å². The summed E-state index contributed by atoms with van der Waals surface area (Å²) in [6.07, 6.45) is 15.6. The molecule has 2 saturated carbocycles. The minimum Gasteiger partial charge on any atom is -0.458 e. The highest BCUT2D eigenvalue weighted by atomic mass is 16.6. The first-order valence-electron chi connectivity index (χ1n) is 11.0. The summed E-state index contributed by atoms with van der Waals surface area (Å²) in [6, 6.07) is 0. The Hall–Kier alpha value is -1.38. The van der Waals surface area contributed by atoms with Gasteiger partial charge in [0.15, 0.2) is 5.78 Å². The first kappa shape index (κ1) is 17.7. The van der Waals surface area contributed by atoms with Crippen LogP contribution in [0, 0.1) is 22.7 Å². The molecule has 3 fully saturated rings. The summed E-state index contributed by atoms with van der Waals surface area (Å²) in [5, 5.41) is 0. The van der Waals surface area contributed by atoms with Crippen molar-refractivity contribution in [1.82, 2.24) is 0 Å². The lowest BCUT2D eigenvalue weighted by Gasteiger charge is -2.57. The van der Waals surface area contributed by atoms with Crippen LogP contribution in [-0.4, -0.2) is 17.4 Å². The molecule has 3 nitrogen and oxygen atoms in total. The van der Waals surface area contributed by atoms with Gasteiger partial charge in [0.2, 0.25) is 0 Å². The van der Waals surface area contributed by atoms with Crippen LogP contribution in [-0.2, 0) is 14.3 Å². The van der Waals surface area contributed by atoms with Gasteiger partial charge in [-0.3, -0.25) is 9.59 Å². The van der Waals surface area contributed by atoms with E-state index in [4.69, 9.17) is 4.74 Å². The number of allylic oxidation sites excluding steroid dienone is 4. The van der Waals surface area contributed by atoms with Gasteiger partial charge in [-0.1, -0.05) is 37.5 Å². The molecule has 0 N–H and O–H groups in total. The third-order valence-electron chi connectivity index (χ3n) is 9.16. The first-order valence-corrected chi connectivity index (χ1v) is 11.0. The lowest BCUT2D eigenvalue weighted by molar-refractivity contribution is -0.170. The molecule has 5 aliphatic rings. The van der Waals surface area contributed by atoms with E-state index in [0.717, 1.165) is 38.5 Å². The summed E-state index contributed by atoms with van der Waals surface area (Å²) in [4.78, 5) is 24.1. The van der Waals surface area contributed by atoms with Gasteiger partial charge >= 0.3 is 5.97 Å². The lowest BCUT2D eigenvalue weighted by atomic mass is 9.48. The molecule has 146 valence electrons. The van der Waals surface area contributed by atoms with Crippen molar-refractivity contribution in [2.24, 2.45) is 22.7 Å². The van der Waals surface area contributed by atoms with Crippen LogP contribution in [0.1, 0.15) is 84.5 Å². The number of carbonyl (C=O) groups is 2. The quantitative estimate of drug-likeness (QED) is 0.431. The number of ketones is 1. The molecule has 27 heavy (non-hydrogen) atoms. The van der Waals surface area contributed by atoms with Gasteiger partial charge in [0.05, 0.1) is 0 Å². The van der Waals surface area contributed by atoms with Gasteiger partial charge < -0.3 is 4.74 Å². The van der Waals surface area contributed by atoms with Gasteiger partial charge in [0.1, 0.15) is 5.60 Å². The van der Waals surface area contributed by atoms with E-state index in [1.807, 2.05) is 6.08 Å². The topological polar surface area (TPSA) is 43.4 Å². The van der Waals surface area contributed by atoms with Crippen LogP contribution in [0.15, 0.2) is 23.3 Å². The Morgan fingerprint density at radius 2 is 1.85 bits per heavy atom. The largest absolute Gasteiger partial charge is 0.458 e. The molecule has 1 saturated heterocycles. The number of hydrogen-bond acceptors (Lipinski definition) is 3. The molecule has 4 aliphatic carbocycles. The number of ether oxygens (including phenoxy) is 1. The van der Waals surface area contributed by atoms with E-state index < -0.39 is 0 Å². The third kappa shape index (κ3) is 2.32. The smallest absolute Gasteiger partial charge is 0.306 e. The molecule has 1 spiro atoms. The molecule has 0 amide bonds. The third-order valence-corrected chi connectivity index (χ3v) is 9.16. The van der Waals surface area contributed by atoms with Crippen LogP contribution in [0.3, 0.4) is 0 Å². The van der Waals surface area contributed by atoms with E-state index in [-0.39, 0.29) is 22.4 Å². The average Bonchev–Trinajstić information content (AvgIpc) is 2.96. The standard InChI is InChI=1S/C24H32O3/c1-22-12-8-17(25)15-16(22)6-7-18-19(22)9-13-23(2)20(18)5-3-4-11-24(23)14-10-21(26)27-24/h9,15,18,20H,3-8,10-14H2,1-2H3/t18?,20?,22?,23?,24-/m1/s1. The number of fused-ring (bicyclic) bond motifs is 6. The van der Waals surface area contributed by atoms with Gasteiger partial charge in [-0.05, 0) is 69.3 Å². The number of esters is 1. The summed E-state index contributed by atoms with van der Waals surface area (Å²) in [5.74, 6) is 1.52. The van der Waals surface area contributed by atoms with Crippen molar-refractivity contribution < 1.29 is 14.3 Å². The van der Waals surface area contributed by atoms with Crippen LogP contribution < -0.4 is 0 Å². The van der Waals surface area contributed by atoms with E-state index >= 15 is 0 Å². The fourth-order valence-corrected chi connectivity index (χ4v) is 7.53. The second kappa shape index (κ2) is 5.81. The van der Waals surface area contributed by atoms with Gasteiger partial charge in [-0.2, -0.15) is 0 Å². The Bertz CT molecular complexity index is 762. The predicted molar refractivity (Wildman–Crippen MR) is 104 cm³/mol. The first-order chi connectivity index (χ1) is 12.9. The second-order valence-electron chi connectivity index (χ2n) is 10.2. The molecule has 4 unspecified atom stereocenters. The zero-order chi connectivity index (χ0) is 18.9. The zero-order valence-electron chi connectivity index (χ0n) is 16.8. The van der Waals surface area contributed by atoms with Crippen molar-refractivity contribution in [1.29, 1.82) is 0 Å². The van der Waals surface area contributed by atoms with Crippen LogP contribution in [0.4, 0.5) is 0 Å². The summed E-state index contributed by atoms with van der Waals surface area (Å²) in [6.45, 7) is 4.81. The van der Waals surface area contributed by atoms with Crippen molar-refractivity contribution in [2.75, 3.05) is 0 Å². The fraction of sp³-hybridized carbons (Fsp3) is 0.750. The Morgan fingerprint density at radius 1 is 1.00 bits per heavy atom. The van der Waals surface area contributed by atoms with Gasteiger partial charge in [0, 0.05) is 23.7 Å². The minimum atomic E-state index is -0.243.